The third kappa shape index (κ3) is 6.61. The molecule has 146 valence electrons. The van der Waals surface area contributed by atoms with Gasteiger partial charge in [0, 0.05) is 40.4 Å². The molecule has 26 heavy (non-hydrogen) atoms. The zero-order valence-corrected chi connectivity index (χ0v) is 16.7. The number of aliphatic imine (C=N–C) groups is 1. The molecule has 6 nitrogen and oxygen atoms in total. The summed E-state index contributed by atoms with van der Waals surface area (Å²) in [6.07, 6.45) is 3.95. The van der Waals surface area contributed by atoms with Crippen LogP contribution in [-0.4, -0.2) is 65.4 Å². The maximum Gasteiger partial charge on any atom is 0.193 e. The van der Waals surface area contributed by atoms with Crippen molar-refractivity contribution in [1.29, 1.82) is 0 Å². The van der Waals surface area contributed by atoms with Crippen LogP contribution in [0.5, 0.6) is 0 Å². The number of hydrogen-bond donors (Lipinski definition) is 1. The topological polar surface area (TPSA) is 71.0 Å². The van der Waals surface area contributed by atoms with Gasteiger partial charge in [-0.15, -0.1) is 0 Å². The van der Waals surface area contributed by atoms with Crippen molar-refractivity contribution in [3.05, 3.63) is 30.3 Å². The van der Waals surface area contributed by atoms with E-state index in [1.165, 1.54) is 0 Å². The molecular weight excluding hydrogens is 350 g/mol. The Kier molecular flexibility index (Phi) is 8.38. The van der Waals surface area contributed by atoms with Crippen molar-refractivity contribution >= 4 is 15.8 Å². The number of rotatable bonds is 8. The molecule has 0 aromatic heterocycles. The van der Waals surface area contributed by atoms with Crippen LogP contribution in [0.3, 0.4) is 0 Å². The summed E-state index contributed by atoms with van der Waals surface area (Å²) in [5.74, 6) is 1.67. The number of hydrogen-bond acceptors (Lipinski definition) is 4. The van der Waals surface area contributed by atoms with E-state index in [0.717, 1.165) is 50.9 Å². The molecule has 2 rings (SSSR count). The Balaban J connectivity index is 1.71. The Bertz CT molecular complexity index is 656. The second-order valence-electron chi connectivity index (χ2n) is 6.73. The van der Waals surface area contributed by atoms with Crippen molar-refractivity contribution in [1.82, 2.24) is 10.2 Å². The van der Waals surface area contributed by atoms with E-state index in [4.69, 9.17) is 4.74 Å². The maximum absolute atomic E-state index is 12.3. The second-order valence-corrected chi connectivity index (χ2v) is 8.83. The van der Waals surface area contributed by atoms with Crippen LogP contribution in [0.4, 0.5) is 0 Å². The molecule has 0 radical (unpaired) electrons. The first kappa shape index (κ1) is 20.7. The van der Waals surface area contributed by atoms with Crippen LogP contribution in [0.25, 0.3) is 0 Å². The van der Waals surface area contributed by atoms with Crippen LogP contribution in [0.1, 0.15) is 25.7 Å². The molecule has 7 heteroatoms. The molecule has 1 aliphatic heterocycles. The average molecular weight is 382 g/mol. The summed E-state index contributed by atoms with van der Waals surface area (Å²) in [7, 11) is 0.566. The fourth-order valence-corrected chi connectivity index (χ4v) is 4.44. The minimum atomic E-state index is -3.22. The van der Waals surface area contributed by atoms with Crippen LogP contribution in [0.15, 0.2) is 40.2 Å². The summed E-state index contributed by atoms with van der Waals surface area (Å²) >= 11 is 0. The molecule has 1 N–H and O–H groups in total. The summed E-state index contributed by atoms with van der Waals surface area (Å²) in [5.41, 5.74) is 0. The van der Waals surface area contributed by atoms with Crippen LogP contribution < -0.4 is 5.32 Å². The molecule has 0 saturated carbocycles. The molecular formula is C19H31N3O3S. The maximum atomic E-state index is 12.3. The third-order valence-electron chi connectivity index (χ3n) is 4.76. The van der Waals surface area contributed by atoms with Gasteiger partial charge in [0.2, 0.25) is 0 Å². The van der Waals surface area contributed by atoms with Crippen molar-refractivity contribution in [3.8, 4) is 0 Å². The van der Waals surface area contributed by atoms with Gasteiger partial charge in [-0.3, -0.25) is 4.99 Å². The molecule has 1 heterocycles. The van der Waals surface area contributed by atoms with E-state index in [1.54, 1.807) is 31.3 Å². The highest BCUT2D eigenvalue weighted by molar-refractivity contribution is 7.91. The number of nitrogens with zero attached hydrogens (tertiary/aromatic N) is 2. The minimum Gasteiger partial charge on any atom is -0.381 e. The molecule has 0 atom stereocenters. The standard InChI is InChI=1S/C19H31N3O3S/c1-20-19(22(2)13-9-17-10-14-25-15-11-17)21-12-6-16-26(23,24)18-7-4-3-5-8-18/h3-5,7-8,17H,6,9-16H2,1-2H3,(H,20,21). The summed E-state index contributed by atoms with van der Waals surface area (Å²) in [6, 6.07) is 8.61. The number of sulfone groups is 1. The predicted octanol–water partition coefficient (Wildman–Crippen LogP) is 2.17. The molecule has 0 amide bonds. The SMILES string of the molecule is CN=C(NCCCS(=O)(=O)c1ccccc1)N(C)CCC1CCOCC1. The summed E-state index contributed by atoms with van der Waals surface area (Å²) < 4.78 is 30.0. The molecule has 1 aromatic carbocycles. The first-order chi connectivity index (χ1) is 12.5. The summed E-state index contributed by atoms with van der Waals surface area (Å²) in [5, 5.41) is 3.27. The predicted molar refractivity (Wildman–Crippen MR) is 105 cm³/mol. The van der Waals surface area contributed by atoms with Crippen molar-refractivity contribution in [2.45, 2.75) is 30.6 Å². The Morgan fingerprint density at radius 1 is 1.27 bits per heavy atom. The van der Waals surface area contributed by atoms with Crippen molar-refractivity contribution in [2.24, 2.45) is 10.9 Å². The van der Waals surface area contributed by atoms with Gasteiger partial charge in [0.05, 0.1) is 10.6 Å². The largest absolute Gasteiger partial charge is 0.381 e. The lowest BCUT2D eigenvalue weighted by Crippen LogP contribution is -2.40. The van der Waals surface area contributed by atoms with E-state index in [1.807, 2.05) is 13.1 Å². The number of ether oxygens (including phenoxy) is 1. The normalized spacial score (nSPS) is 16.5. The monoisotopic (exact) mass is 381 g/mol. The fourth-order valence-electron chi connectivity index (χ4n) is 3.11. The van der Waals surface area contributed by atoms with Gasteiger partial charge in [0.25, 0.3) is 0 Å². The summed E-state index contributed by atoms with van der Waals surface area (Å²) in [4.78, 5) is 6.80. The minimum absolute atomic E-state index is 0.132. The molecule has 0 aliphatic carbocycles. The molecule has 0 bridgehead atoms. The molecule has 1 aliphatic rings. The highest BCUT2D eigenvalue weighted by atomic mass is 32.2. The quantitative estimate of drug-likeness (QED) is 0.425. The highest BCUT2D eigenvalue weighted by Crippen LogP contribution is 2.18. The molecule has 0 spiro atoms. The second kappa shape index (κ2) is 10.5. The van der Waals surface area contributed by atoms with E-state index in [9.17, 15) is 8.42 Å². The summed E-state index contributed by atoms with van der Waals surface area (Å²) in [6.45, 7) is 3.27. The molecule has 1 aromatic rings. The van der Waals surface area contributed by atoms with Gasteiger partial charge in [0.15, 0.2) is 15.8 Å². The molecule has 0 unspecified atom stereocenters. The van der Waals surface area contributed by atoms with Gasteiger partial charge >= 0.3 is 0 Å². The van der Waals surface area contributed by atoms with Crippen LogP contribution in [0, 0.1) is 5.92 Å². The van der Waals surface area contributed by atoms with E-state index < -0.39 is 9.84 Å². The van der Waals surface area contributed by atoms with Gasteiger partial charge in [-0.2, -0.15) is 0 Å². The van der Waals surface area contributed by atoms with Crippen molar-refractivity contribution in [3.63, 3.8) is 0 Å². The van der Waals surface area contributed by atoms with E-state index in [-0.39, 0.29) is 5.75 Å². The Labute approximate surface area is 157 Å². The lowest BCUT2D eigenvalue weighted by molar-refractivity contribution is 0.0625. The zero-order chi connectivity index (χ0) is 18.8. The van der Waals surface area contributed by atoms with Crippen molar-refractivity contribution in [2.75, 3.05) is 46.2 Å². The van der Waals surface area contributed by atoms with Gasteiger partial charge in [-0.05, 0) is 43.7 Å². The first-order valence-electron chi connectivity index (χ1n) is 9.30. The third-order valence-corrected chi connectivity index (χ3v) is 6.58. The van der Waals surface area contributed by atoms with E-state index >= 15 is 0 Å². The van der Waals surface area contributed by atoms with Crippen LogP contribution in [-0.2, 0) is 14.6 Å². The number of nitrogens with one attached hydrogen (secondary N) is 1. The van der Waals surface area contributed by atoms with Gasteiger partial charge in [-0.25, -0.2) is 8.42 Å². The Morgan fingerprint density at radius 2 is 1.96 bits per heavy atom. The Morgan fingerprint density at radius 3 is 2.62 bits per heavy atom. The van der Waals surface area contributed by atoms with E-state index in [2.05, 4.69) is 15.2 Å². The van der Waals surface area contributed by atoms with Gasteiger partial charge < -0.3 is 15.0 Å². The van der Waals surface area contributed by atoms with E-state index in [0.29, 0.717) is 17.9 Å². The zero-order valence-electron chi connectivity index (χ0n) is 15.9. The number of benzene rings is 1. The van der Waals surface area contributed by atoms with Crippen LogP contribution >= 0.6 is 0 Å². The molecule has 1 saturated heterocycles. The average Bonchev–Trinajstić information content (AvgIpc) is 2.67. The van der Waals surface area contributed by atoms with Crippen LogP contribution in [0.2, 0.25) is 0 Å². The fraction of sp³-hybridized carbons (Fsp3) is 0.632. The molecule has 1 fully saturated rings. The first-order valence-corrected chi connectivity index (χ1v) is 11.0. The van der Waals surface area contributed by atoms with Gasteiger partial charge in [0.1, 0.15) is 0 Å². The van der Waals surface area contributed by atoms with Gasteiger partial charge in [-0.1, -0.05) is 18.2 Å². The Hall–Kier alpha value is -1.60. The van der Waals surface area contributed by atoms with Crippen molar-refractivity contribution < 1.29 is 13.2 Å². The lowest BCUT2D eigenvalue weighted by atomic mass is 9.96. The lowest BCUT2D eigenvalue weighted by Gasteiger charge is -2.26. The smallest absolute Gasteiger partial charge is 0.193 e. The highest BCUT2D eigenvalue weighted by Gasteiger charge is 2.16. The number of guanidine groups is 1.